The number of amides is 1. The van der Waals surface area contributed by atoms with E-state index in [0.717, 1.165) is 6.54 Å². The summed E-state index contributed by atoms with van der Waals surface area (Å²) in [4.78, 5) is 14.5. The molecule has 1 aliphatic rings. The molecule has 2 rings (SSSR count). The fourth-order valence-corrected chi connectivity index (χ4v) is 2.31. The second-order valence-corrected chi connectivity index (χ2v) is 4.53. The highest BCUT2D eigenvalue weighted by Crippen LogP contribution is 2.13. The number of aliphatic hydroxyl groups is 1. The minimum absolute atomic E-state index is 0.127. The van der Waals surface area contributed by atoms with Gasteiger partial charge in [-0.2, -0.15) is 0 Å². The molecule has 1 amide bonds. The highest BCUT2D eigenvalue weighted by Gasteiger charge is 2.29. The summed E-state index contributed by atoms with van der Waals surface area (Å²) in [5.74, 6) is 0. The van der Waals surface area contributed by atoms with E-state index >= 15 is 0 Å². The van der Waals surface area contributed by atoms with E-state index in [4.69, 9.17) is 5.11 Å². The number of hydrogen-bond acceptors (Lipinski definition) is 3. The number of aliphatic hydroxyl groups excluding tert-OH is 1. The first-order chi connectivity index (χ1) is 8.70. The summed E-state index contributed by atoms with van der Waals surface area (Å²) in [6.07, 6.45) is -0.951. The van der Waals surface area contributed by atoms with Crippen molar-refractivity contribution in [2.45, 2.75) is 12.6 Å². The number of carboxylic acid groups (broad SMARTS) is 1. The maximum atomic E-state index is 11.0. The van der Waals surface area contributed by atoms with Crippen LogP contribution in [0.2, 0.25) is 0 Å². The van der Waals surface area contributed by atoms with E-state index in [1.807, 2.05) is 18.2 Å². The van der Waals surface area contributed by atoms with E-state index in [9.17, 15) is 9.90 Å². The summed E-state index contributed by atoms with van der Waals surface area (Å²) in [5.41, 5.74) is 1.21. The normalized spacial score (nSPS) is 20.9. The smallest absolute Gasteiger partial charge is 0.407 e. The van der Waals surface area contributed by atoms with E-state index in [2.05, 4.69) is 17.0 Å². The molecule has 2 N–H and O–H groups in total. The molecule has 0 bridgehead atoms. The van der Waals surface area contributed by atoms with Crippen molar-refractivity contribution >= 4 is 6.09 Å². The molecule has 0 aliphatic carbocycles. The predicted octanol–water partition coefficient (Wildman–Crippen LogP) is 0.843. The van der Waals surface area contributed by atoms with Gasteiger partial charge in [-0.05, 0) is 5.56 Å². The van der Waals surface area contributed by atoms with Crippen molar-refractivity contribution in [3.8, 4) is 0 Å². The Hall–Kier alpha value is -1.59. The minimum Gasteiger partial charge on any atom is -0.465 e. The average molecular weight is 250 g/mol. The Labute approximate surface area is 106 Å². The molecule has 18 heavy (non-hydrogen) atoms. The Morgan fingerprint density at radius 2 is 2.00 bits per heavy atom. The molecule has 1 aromatic rings. The third-order valence-electron chi connectivity index (χ3n) is 3.27. The van der Waals surface area contributed by atoms with E-state index in [1.54, 1.807) is 0 Å². The van der Waals surface area contributed by atoms with Crippen molar-refractivity contribution in [2.24, 2.45) is 0 Å². The van der Waals surface area contributed by atoms with Gasteiger partial charge in [0.15, 0.2) is 0 Å². The summed E-state index contributed by atoms with van der Waals surface area (Å²) >= 11 is 0. The molecule has 0 spiro atoms. The SMILES string of the molecule is O=C(O)N1CCN(Cc2ccccc2)CC1CO. The van der Waals surface area contributed by atoms with Crippen LogP contribution in [0, 0.1) is 0 Å². The van der Waals surface area contributed by atoms with E-state index in [1.165, 1.54) is 10.5 Å². The summed E-state index contributed by atoms with van der Waals surface area (Å²) in [7, 11) is 0. The van der Waals surface area contributed by atoms with Gasteiger partial charge in [0.2, 0.25) is 0 Å². The van der Waals surface area contributed by atoms with Crippen LogP contribution in [-0.4, -0.2) is 58.4 Å². The largest absolute Gasteiger partial charge is 0.465 e. The molecule has 1 unspecified atom stereocenters. The molecule has 0 saturated carbocycles. The number of rotatable bonds is 3. The molecule has 0 radical (unpaired) electrons. The van der Waals surface area contributed by atoms with Crippen molar-refractivity contribution in [3.63, 3.8) is 0 Å². The first kappa shape index (κ1) is 12.9. The lowest BCUT2D eigenvalue weighted by Crippen LogP contribution is -2.55. The van der Waals surface area contributed by atoms with Gasteiger partial charge in [0.25, 0.3) is 0 Å². The molecule has 5 heteroatoms. The maximum absolute atomic E-state index is 11.0. The van der Waals surface area contributed by atoms with E-state index in [0.29, 0.717) is 19.6 Å². The Bertz CT molecular complexity index is 396. The number of piperazine rings is 1. The highest BCUT2D eigenvalue weighted by atomic mass is 16.4. The predicted molar refractivity (Wildman–Crippen MR) is 67.3 cm³/mol. The molecule has 1 aliphatic heterocycles. The third kappa shape index (κ3) is 3.00. The van der Waals surface area contributed by atoms with Gasteiger partial charge >= 0.3 is 6.09 Å². The number of nitrogens with zero attached hydrogens (tertiary/aromatic N) is 2. The van der Waals surface area contributed by atoms with Crippen LogP contribution in [0.15, 0.2) is 30.3 Å². The van der Waals surface area contributed by atoms with Crippen LogP contribution in [0.25, 0.3) is 0 Å². The van der Waals surface area contributed by atoms with Crippen molar-refractivity contribution in [1.82, 2.24) is 9.80 Å². The number of benzene rings is 1. The molecule has 5 nitrogen and oxygen atoms in total. The Balaban J connectivity index is 1.95. The molecule has 0 aromatic heterocycles. The van der Waals surface area contributed by atoms with Gasteiger partial charge < -0.3 is 15.1 Å². The number of carbonyl (C=O) groups is 1. The number of hydrogen-bond donors (Lipinski definition) is 2. The first-order valence-corrected chi connectivity index (χ1v) is 6.07. The van der Waals surface area contributed by atoms with Gasteiger partial charge in [0, 0.05) is 26.2 Å². The van der Waals surface area contributed by atoms with Crippen LogP contribution in [0.1, 0.15) is 5.56 Å². The van der Waals surface area contributed by atoms with Crippen molar-refractivity contribution in [1.29, 1.82) is 0 Å². The molecule has 1 saturated heterocycles. The van der Waals surface area contributed by atoms with Crippen LogP contribution in [0.3, 0.4) is 0 Å². The molecule has 1 aromatic carbocycles. The van der Waals surface area contributed by atoms with Crippen LogP contribution in [-0.2, 0) is 6.54 Å². The lowest BCUT2D eigenvalue weighted by Gasteiger charge is -2.39. The standard InChI is InChI=1S/C13H18N2O3/c16-10-12-9-14(6-7-15(12)13(17)18)8-11-4-2-1-3-5-11/h1-5,12,16H,6-10H2,(H,17,18). The van der Waals surface area contributed by atoms with Crippen LogP contribution >= 0.6 is 0 Å². The second-order valence-electron chi connectivity index (χ2n) is 4.53. The lowest BCUT2D eigenvalue weighted by atomic mass is 10.1. The van der Waals surface area contributed by atoms with Crippen LogP contribution in [0.4, 0.5) is 4.79 Å². The fourth-order valence-electron chi connectivity index (χ4n) is 2.31. The summed E-state index contributed by atoms with van der Waals surface area (Å²) in [6, 6.07) is 9.75. The highest BCUT2D eigenvalue weighted by molar-refractivity contribution is 5.65. The molecule has 1 fully saturated rings. The van der Waals surface area contributed by atoms with Crippen LogP contribution < -0.4 is 0 Å². The zero-order chi connectivity index (χ0) is 13.0. The van der Waals surface area contributed by atoms with E-state index in [-0.39, 0.29) is 12.6 Å². The Morgan fingerprint density at radius 3 is 2.61 bits per heavy atom. The quantitative estimate of drug-likeness (QED) is 0.834. The molecule has 1 heterocycles. The van der Waals surface area contributed by atoms with Gasteiger partial charge in [-0.15, -0.1) is 0 Å². The fraction of sp³-hybridized carbons (Fsp3) is 0.462. The monoisotopic (exact) mass is 250 g/mol. The second kappa shape index (κ2) is 5.84. The van der Waals surface area contributed by atoms with Gasteiger partial charge in [-0.3, -0.25) is 4.90 Å². The average Bonchev–Trinajstić information content (AvgIpc) is 2.39. The summed E-state index contributed by atoms with van der Waals surface area (Å²) in [5, 5.41) is 18.3. The van der Waals surface area contributed by atoms with E-state index < -0.39 is 6.09 Å². The van der Waals surface area contributed by atoms with Crippen molar-refractivity contribution < 1.29 is 15.0 Å². The zero-order valence-corrected chi connectivity index (χ0v) is 10.2. The maximum Gasteiger partial charge on any atom is 0.407 e. The minimum atomic E-state index is -0.951. The van der Waals surface area contributed by atoms with Gasteiger partial charge in [-0.25, -0.2) is 4.79 Å². The zero-order valence-electron chi connectivity index (χ0n) is 10.2. The van der Waals surface area contributed by atoms with Gasteiger partial charge in [0.1, 0.15) is 0 Å². The van der Waals surface area contributed by atoms with Gasteiger partial charge in [0.05, 0.1) is 12.6 Å². The Morgan fingerprint density at radius 1 is 1.28 bits per heavy atom. The molecular weight excluding hydrogens is 232 g/mol. The molecule has 1 atom stereocenters. The summed E-state index contributed by atoms with van der Waals surface area (Å²) in [6.45, 7) is 2.41. The van der Waals surface area contributed by atoms with Gasteiger partial charge in [-0.1, -0.05) is 30.3 Å². The van der Waals surface area contributed by atoms with Crippen molar-refractivity contribution in [3.05, 3.63) is 35.9 Å². The lowest BCUT2D eigenvalue weighted by molar-refractivity contribution is 0.0387. The topological polar surface area (TPSA) is 64.0 Å². The van der Waals surface area contributed by atoms with Crippen molar-refractivity contribution in [2.75, 3.05) is 26.2 Å². The summed E-state index contributed by atoms with van der Waals surface area (Å²) < 4.78 is 0. The first-order valence-electron chi connectivity index (χ1n) is 6.07. The molecule has 98 valence electrons. The molecular formula is C13H18N2O3. The Kier molecular flexibility index (Phi) is 4.17. The van der Waals surface area contributed by atoms with Crippen LogP contribution in [0.5, 0.6) is 0 Å². The third-order valence-corrected chi connectivity index (χ3v) is 3.27.